The monoisotopic (exact) mass is 551 g/mol. The van der Waals surface area contributed by atoms with E-state index < -0.39 is 24.3 Å². The normalized spacial score (nSPS) is 27.5. The molecule has 0 unspecified atom stereocenters. The highest BCUT2D eigenvalue weighted by Gasteiger charge is 2.37. The second kappa shape index (κ2) is 17.4. The van der Waals surface area contributed by atoms with E-state index >= 15 is 0 Å². The number of allylic oxidation sites excluding steroid dienone is 7. The van der Waals surface area contributed by atoms with Crippen LogP contribution in [0.15, 0.2) is 71.9 Å². The molecule has 1 fully saturated rings. The largest absolute Gasteiger partial charge is 0.455 e. The van der Waals surface area contributed by atoms with E-state index in [-0.39, 0.29) is 30.7 Å². The summed E-state index contributed by atoms with van der Waals surface area (Å²) in [6.07, 6.45) is 24.5. The van der Waals surface area contributed by atoms with Crippen LogP contribution in [0.1, 0.15) is 60.3 Å². The van der Waals surface area contributed by atoms with Gasteiger partial charge in [0.05, 0.1) is 24.4 Å². The lowest BCUT2D eigenvalue weighted by atomic mass is 9.87. The molecule has 2 rings (SSSR count). The van der Waals surface area contributed by atoms with E-state index in [0.717, 1.165) is 12.0 Å². The summed E-state index contributed by atoms with van der Waals surface area (Å²) in [7, 11) is 0. The Balaban J connectivity index is 2.04. The smallest absolute Gasteiger partial charge is 0.407 e. The van der Waals surface area contributed by atoms with E-state index in [2.05, 4.69) is 31.2 Å². The zero-order valence-corrected chi connectivity index (χ0v) is 24.4. The van der Waals surface area contributed by atoms with Gasteiger partial charge in [0.2, 0.25) is 0 Å². The molecule has 0 radical (unpaired) electrons. The lowest BCUT2D eigenvalue weighted by molar-refractivity contribution is -0.141. The summed E-state index contributed by atoms with van der Waals surface area (Å²) >= 11 is 0. The van der Waals surface area contributed by atoms with Gasteiger partial charge >= 0.3 is 12.1 Å². The molecule has 7 atom stereocenters. The predicted molar refractivity (Wildman–Crippen MR) is 158 cm³/mol. The van der Waals surface area contributed by atoms with Crippen molar-refractivity contribution in [2.24, 2.45) is 11.8 Å². The number of terminal acetylenes is 1. The molecule has 0 aromatic carbocycles. The van der Waals surface area contributed by atoms with Crippen LogP contribution in [0.3, 0.4) is 0 Å². The lowest BCUT2D eigenvalue weighted by Crippen LogP contribution is -2.51. The van der Waals surface area contributed by atoms with E-state index in [9.17, 15) is 14.7 Å². The van der Waals surface area contributed by atoms with Gasteiger partial charge in [-0.15, -0.1) is 12.3 Å². The van der Waals surface area contributed by atoms with Crippen LogP contribution < -0.4 is 5.32 Å². The van der Waals surface area contributed by atoms with Crippen LogP contribution in [0.2, 0.25) is 0 Å². The highest BCUT2D eigenvalue weighted by Crippen LogP contribution is 2.28. The molecule has 0 bridgehead atoms. The quantitative estimate of drug-likeness (QED) is 0.106. The molecule has 0 aromatic heterocycles. The van der Waals surface area contributed by atoms with E-state index in [1.54, 1.807) is 0 Å². The number of ether oxygens (including phenoxy) is 3. The molecule has 2 aliphatic rings. The van der Waals surface area contributed by atoms with Crippen molar-refractivity contribution in [3.63, 3.8) is 0 Å². The van der Waals surface area contributed by atoms with Crippen molar-refractivity contribution in [3.05, 3.63) is 71.9 Å². The van der Waals surface area contributed by atoms with Gasteiger partial charge in [0.15, 0.2) is 0 Å². The molecule has 1 saturated heterocycles. The fourth-order valence-electron chi connectivity index (χ4n) is 4.73. The molecular weight excluding hydrogens is 506 g/mol. The molecule has 218 valence electrons. The third-order valence-corrected chi connectivity index (χ3v) is 6.83. The van der Waals surface area contributed by atoms with Crippen LogP contribution in [0.5, 0.6) is 0 Å². The second-order valence-electron chi connectivity index (χ2n) is 10.5. The minimum absolute atomic E-state index is 0.0517. The first-order chi connectivity index (χ1) is 19.1. The summed E-state index contributed by atoms with van der Waals surface area (Å²) in [5, 5.41) is 13.5. The molecule has 2 aliphatic heterocycles. The van der Waals surface area contributed by atoms with Crippen LogP contribution in [-0.4, -0.2) is 54.2 Å². The Hall–Kier alpha value is -3.34. The van der Waals surface area contributed by atoms with E-state index in [4.69, 9.17) is 20.6 Å². The molecule has 0 saturated carbocycles. The Labute approximate surface area is 239 Å². The Morgan fingerprint density at radius 3 is 2.83 bits per heavy atom. The maximum atomic E-state index is 12.4. The first kappa shape index (κ1) is 32.9. The van der Waals surface area contributed by atoms with Crippen molar-refractivity contribution in [3.8, 4) is 12.3 Å². The number of aliphatic hydroxyl groups excluding tert-OH is 1. The van der Waals surface area contributed by atoms with E-state index in [1.165, 1.54) is 11.6 Å². The molecule has 40 heavy (non-hydrogen) atoms. The average Bonchev–Trinajstić information content (AvgIpc) is 2.89. The molecule has 2 heterocycles. The van der Waals surface area contributed by atoms with Gasteiger partial charge < -0.3 is 24.6 Å². The number of nitrogens with one attached hydrogen (secondary N) is 1. The third kappa shape index (κ3) is 11.8. The molecule has 7 nitrogen and oxygen atoms in total. The Kier molecular flexibility index (Phi) is 14.3. The van der Waals surface area contributed by atoms with Gasteiger partial charge in [0.25, 0.3) is 0 Å². The molecule has 1 amide bonds. The number of hydrogen-bond acceptors (Lipinski definition) is 6. The second-order valence-corrected chi connectivity index (χ2v) is 10.5. The fraction of sp³-hybridized carbons (Fsp3) is 0.515. The van der Waals surface area contributed by atoms with Gasteiger partial charge in [0.1, 0.15) is 12.7 Å². The maximum Gasteiger partial charge on any atom is 0.407 e. The average molecular weight is 552 g/mol. The minimum Gasteiger partial charge on any atom is -0.455 e. The van der Waals surface area contributed by atoms with Crippen LogP contribution in [0.4, 0.5) is 4.79 Å². The van der Waals surface area contributed by atoms with Gasteiger partial charge in [-0.1, -0.05) is 73.6 Å². The van der Waals surface area contributed by atoms with Crippen molar-refractivity contribution in [1.82, 2.24) is 5.32 Å². The number of esters is 1. The van der Waals surface area contributed by atoms with Gasteiger partial charge in [0, 0.05) is 31.3 Å². The van der Waals surface area contributed by atoms with Crippen molar-refractivity contribution in [2.75, 3.05) is 6.61 Å². The first-order valence-corrected chi connectivity index (χ1v) is 14.0. The third-order valence-electron chi connectivity index (χ3n) is 6.83. The number of aliphatic hydroxyl groups is 1. The summed E-state index contributed by atoms with van der Waals surface area (Å²) in [5.41, 5.74) is 2.27. The molecule has 0 spiro atoms. The Morgan fingerprint density at radius 2 is 2.12 bits per heavy atom. The van der Waals surface area contributed by atoms with E-state index in [1.807, 2.05) is 69.4 Å². The van der Waals surface area contributed by atoms with Gasteiger partial charge in [-0.05, 0) is 39.2 Å². The maximum absolute atomic E-state index is 12.4. The van der Waals surface area contributed by atoms with Crippen LogP contribution in [0, 0.1) is 24.2 Å². The zero-order valence-electron chi connectivity index (χ0n) is 24.4. The highest BCUT2D eigenvalue weighted by atomic mass is 16.6. The summed E-state index contributed by atoms with van der Waals surface area (Å²) in [5.74, 6) is 2.39. The number of carbonyl (C=O) groups excluding carboxylic acids is 2. The number of rotatable bonds is 12. The van der Waals surface area contributed by atoms with Gasteiger partial charge in [-0.3, -0.25) is 0 Å². The number of hydrogen-bond donors (Lipinski definition) is 2. The molecular formula is C33H45NO6. The lowest BCUT2D eigenvalue weighted by Gasteiger charge is -2.39. The number of carbonyl (C=O) groups is 2. The van der Waals surface area contributed by atoms with Crippen LogP contribution in [0.25, 0.3) is 0 Å². The zero-order chi connectivity index (χ0) is 29.5. The van der Waals surface area contributed by atoms with Crippen LogP contribution in [-0.2, 0) is 19.0 Å². The minimum atomic E-state index is -0.578. The molecule has 2 N–H and O–H groups in total. The fourth-order valence-corrected chi connectivity index (χ4v) is 4.73. The summed E-state index contributed by atoms with van der Waals surface area (Å²) in [6.45, 7) is 10.3. The molecule has 0 aromatic rings. The number of alkyl carbamates (subject to hydrolysis) is 1. The Morgan fingerprint density at radius 1 is 1.35 bits per heavy atom. The molecule has 0 aliphatic carbocycles. The summed E-state index contributed by atoms with van der Waals surface area (Å²) in [6, 6.07) is -0.495. The van der Waals surface area contributed by atoms with Gasteiger partial charge in [-0.2, -0.15) is 0 Å². The topological polar surface area (TPSA) is 94.1 Å². The summed E-state index contributed by atoms with van der Waals surface area (Å²) < 4.78 is 16.7. The van der Waals surface area contributed by atoms with Crippen molar-refractivity contribution >= 4 is 12.1 Å². The van der Waals surface area contributed by atoms with Crippen molar-refractivity contribution < 1.29 is 28.9 Å². The van der Waals surface area contributed by atoms with E-state index in [0.29, 0.717) is 25.2 Å². The van der Waals surface area contributed by atoms with Crippen LogP contribution >= 0.6 is 0 Å². The number of amides is 1. The molecule has 7 heteroatoms. The van der Waals surface area contributed by atoms with Crippen molar-refractivity contribution in [2.45, 2.75) is 90.8 Å². The Bertz CT molecular complexity index is 1060. The van der Waals surface area contributed by atoms with Crippen molar-refractivity contribution in [1.29, 1.82) is 0 Å². The standard InChI is InChI=1S/C33H45NO6/c1-7-9-19-38-33(37)34-28(31-22-29(35)26(6)30(40-31)12-8-2)15-10-13-23(3)20-25(5)21-24(4)17-18-27-14-11-16-32(36)39-27/h1,8,10-13,15-18,21,25-31,35H,9,14,19-20,22H2,2-6H3,(H,34,37)/b12-8+,15-10+,18-17+,23-13+,24-21-/t25-,26+,27-,28+,29-,30+,31+/m1/s1. The summed E-state index contributed by atoms with van der Waals surface area (Å²) in [4.78, 5) is 23.8. The predicted octanol–water partition coefficient (Wildman–Crippen LogP) is 5.74. The SMILES string of the molecule is C#CCCOC(=O)N[C@@H](/C=C/C=C(\C)C[C@@H](C)/C=C(C)\C=C\[C@H]1CC=CC(=O)O1)[C@@H]1C[C@@H](O)[C@H](C)[C@H](/C=C/C)O1. The highest BCUT2D eigenvalue weighted by molar-refractivity contribution is 5.82. The number of cyclic esters (lactones) is 1. The first-order valence-electron chi connectivity index (χ1n) is 14.0. The van der Waals surface area contributed by atoms with Gasteiger partial charge in [-0.25, -0.2) is 9.59 Å².